The number of nitrogens with zero attached hydrogens (tertiary/aromatic N) is 1. The van der Waals surface area contributed by atoms with Crippen molar-refractivity contribution in [2.45, 2.75) is 32.0 Å². The summed E-state index contributed by atoms with van der Waals surface area (Å²) >= 11 is 0. The fourth-order valence-electron chi connectivity index (χ4n) is 4.17. The maximum Gasteiger partial charge on any atom is 0.416 e. The van der Waals surface area contributed by atoms with E-state index in [1.807, 2.05) is 18.2 Å². The van der Waals surface area contributed by atoms with Crippen molar-refractivity contribution >= 4 is 17.5 Å². The van der Waals surface area contributed by atoms with Gasteiger partial charge < -0.3 is 10.2 Å². The molecule has 0 spiro atoms. The highest BCUT2D eigenvalue weighted by Gasteiger charge is 2.30. The molecular weight excluding hydrogens is 429 g/mol. The summed E-state index contributed by atoms with van der Waals surface area (Å²) in [6, 6.07) is 17.4. The Labute approximate surface area is 190 Å². The summed E-state index contributed by atoms with van der Waals surface area (Å²) in [4.78, 5) is 26.5. The molecule has 0 saturated heterocycles. The predicted octanol–water partition coefficient (Wildman–Crippen LogP) is 5.57. The number of alkyl halides is 3. The van der Waals surface area contributed by atoms with Gasteiger partial charge in [-0.2, -0.15) is 13.2 Å². The van der Waals surface area contributed by atoms with Gasteiger partial charge in [-0.05, 0) is 65.4 Å². The van der Waals surface area contributed by atoms with Gasteiger partial charge in [0.05, 0.1) is 5.56 Å². The van der Waals surface area contributed by atoms with E-state index in [4.69, 9.17) is 0 Å². The first-order valence-electron chi connectivity index (χ1n) is 10.6. The Bertz CT molecular complexity index is 1200. The summed E-state index contributed by atoms with van der Waals surface area (Å²) in [5, 5.41) is 2.90. The van der Waals surface area contributed by atoms with E-state index >= 15 is 0 Å². The van der Waals surface area contributed by atoms with Gasteiger partial charge in [-0.1, -0.05) is 36.4 Å². The Hall–Kier alpha value is -3.61. The van der Waals surface area contributed by atoms with Gasteiger partial charge in [0.1, 0.15) is 0 Å². The number of nitrogens with one attached hydrogen (secondary N) is 1. The molecule has 0 heterocycles. The van der Waals surface area contributed by atoms with Crippen LogP contribution in [0, 0.1) is 0 Å². The molecule has 170 valence electrons. The lowest BCUT2D eigenvalue weighted by Gasteiger charge is -2.22. The van der Waals surface area contributed by atoms with Crippen molar-refractivity contribution in [1.82, 2.24) is 4.90 Å². The first kappa shape index (κ1) is 22.6. The number of fused-ring (bicyclic) bond motifs is 1. The molecule has 0 radical (unpaired) electrons. The van der Waals surface area contributed by atoms with Crippen LogP contribution in [0.1, 0.15) is 34.0 Å². The topological polar surface area (TPSA) is 49.4 Å². The van der Waals surface area contributed by atoms with Gasteiger partial charge in [0.2, 0.25) is 5.91 Å². The van der Waals surface area contributed by atoms with E-state index in [2.05, 4.69) is 5.32 Å². The molecule has 1 aliphatic carbocycles. The van der Waals surface area contributed by atoms with E-state index in [0.29, 0.717) is 22.4 Å². The van der Waals surface area contributed by atoms with Crippen LogP contribution in [-0.4, -0.2) is 29.8 Å². The molecule has 0 aromatic heterocycles. The highest BCUT2D eigenvalue weighted by Crippen LogP contribution is 2.32. The third kappa shape index (κ3) is 4.77. The lowest BCUT2D eigenvalue weighted by Crippen LogP contribution is -2.35. The fraction of sp³-hybridized carbons (Fsp3) is 0.231. The second kappa shape index (κ2) is 8.73. The fourth-order valence-corrected chi connectivity index (χ4v) is 4.17. The lowest BCUT2D eigenvalue weighted by atomic mass is 9.98. The zero-order chi connectivity index (χ0) is 23.8. The lowest BCUT2D eigenvalue weighted by molar-refractivity contribution is -0.137. The van der Waals surface area contributed by atoms with Gasteiger partial charge >= 0.3 is 6.18 Å². The molecule has 4 nitrogen and oxygen atoms in total. The molecule has 4 rings (SSSR count). The molecule has 3 aromatic carbocycles. The number of amides is 2. The van der Waals surface area contributed by atoms with Crippen LogP contribution in [0.5, 0.6) is 0 Å². The van der Waals surface area contributed by atoms with Gasteiger partial charge in [-0.3, -0.25) is 9.59 Å². The number of likely N-dealkylation sites (N-methyl/N-ethyl adjacent to an activating group) is 1. The normalized spacial score (nSPS) is 15.1. The SMILES string of the molecule is CC(=O)N(C)C1Cc2ccc(NC(=O)c3ccccc3-c3ccc(C(F)(F)F)cc3)cc2C1. The average Bonchev–Trinajstić information content (AvgIpc) is 3.21. The van der Waals surface area contributed by atoms with Crippen molar-refractivity contribution in [1.29, 1.82) is 0 Å². The van der Waals surface area contributed by atoms with Crippen LogP contribution < -0.4 is 5.32 Å². The third-order valence-corrected chi connectivity index (χ3v) is 6.11. The number of carbonyl (C=O) groups excluding carboxylic acids is 2. The highest BCUT2D eigenvalue weighted by molar-refractivity contribution is 6.08. The highest BCUT2D eigenvalue weighted by atomic mass is 19.4. The minimum Gasteiger partial charge on any atom is -0.342 e. The summed E-state index contributed by atoms with van der Waals surface area (Å²) < 4.78 is 38.7. The molecule has 3 aromatic rings. The van der Waals surface area contributed by atoms with E-state index in [9.17, 15) is 22.8 Å². The van der Waals surface area contributed by atoms with Crippen LogP contribution in [0.3, 0.4) is 0 Å². The Morgan fingerprint density at radius 3 is 2.27 bits per heavy atom. The van der Waals surface area contributed by atoms with E-state index in [0.717, 1.165) is 36.1 Å². The molecule has 1 atom stereocenters. The minimum atomic E-state index is -4.42. The average molecular weight is 452 g/mol. The number of anilines is 1. The van der Waals surface area contributed by atoms with Crippen molar-refractivity contribution in [3.05, 3.63) is 89.0 Å². The van der Waals surface area contributed by atoms with Gasteiger partial charge in [-0.15, -0.1) is 0 Å². The van der Waals surface area contributed by atoms with E-state index in [-0.39, 0.29) is 17.9 Å². The first-order chi connectivity index (χ1) is 15.6. The second-order valence-electron chi connectivity index (χ2n) is 8.25. The van der Waals surface area contributed by atoms with E-state index in [1.54, 1.807) is 43.1 Å². The first-order valence-corrected chi connectivity index (χ1v) is 10.6. The van der Waals surface area contributed by atoms with Gasteiger partial charge in [-0.25, -0.2) is 0 Å². The zero-order valence-electron chi connectivity index (χ0n) is 18.2. The predicted molar refractivity (Wildman–Crippen MR) is 121 cm³/mol. The number of hydrogen-bond acceptors (Lipinski definition) is 2. The minimum absolute atomic E-state index is 0.0150. The van der Waals surface area contributed by atoms with Crippen molar-refractivity contribution in [2.75, 3.05) is 12.4 Å². The van der Waals surface area contributed by atoms with Gasteiger partial charge in [0, 0.05) is 31.3 Å². The second-order valence-corrected chi connectivity index (χ2v) is 8.25. The molecular formula is C26H23F3N2O2. The number of halogens is 3. The largest absolute Gasteiger partial charge is 0.416 e. The molecule has 0 fully saturated rings. The van der Waals surface area contributed by atoms with Crippen LogP contribution in [0.2, 0.25) is 0 Å². The number of rotatable bonds is 4. The molecule has 2 amide bonds. The standard InChI is InChI=1S/C26H23F3N2O2/c1-16(32)31(2)22-14-18-9-12-21(13-19(18)15-22)30-25(33)24-6-4-3-5-23(24)17-7-10-20(11-8-17)26(27,28)29/h3-13,22H,14-15H2,1-2H3,(H,30,33). The molecule has 33 heavy (non-hydrogen) atoms. The molecule has 1 unspecified atom stereocenters. The maximum atomic E-state index is 13.1. The summed E-state index contributed by atoms with van der Waals surface area (Å²) in [7, 11) is 1.79. The Balaban J connectivity index is 1.54. The van der Waals surface area contributed by atoms with Crippen molar-refractivity contribution < 1.29 is 22.8 Å². The number of carbonyl (C=O) groups is 2. The molecule has 1 N–H and O–H groups in total. The Morgan fingerprint density at radius 1 is 0.939 bits per heavy atom. The smallest absolute Gasteiger partial charge is 0.342 e. The molecule has 0 aliphatic heterocycles. The van der Waals surface area contributed by atoms with Crippen molar-refractivity contribution in [3.8, 4) is 11.1 Å². The summed E-state index contributed by atoms with van der Waals surface area (Å²) in [6.07, 6.45) is -2.92. The summed E-state index contributed by atoms with van der Waals surface area (Å²) in [6.45, 7) is 1.54. The van der Waals surface area contributed by atoms with Crippen molar-refractivity contribution in [3.63, 3.8) is 0 Å². The number of benzene rings is 3. The monoisotopic (exact) mass is 452 g/mol. The Kier molecular flexibility index (Phi) is 5.97. The summed E-state index contributed by atoms with van der Waals surface area (Å²) in [5.74, 6) is -0.331. The van der Waals surface area contributed by atoms with Gasteiger partial charge in [0.15, 0.2) is 0 Å². The van der Waals surface area contributed by atoms with Crippen molar-refractivity contribution in [2.24, 2.45) is 0 Å². The third-order valence-electron chi connectivity index (χ3n) is 6.11. The quantitative estimate of drug-likeness (QED) is 0.563. The molecule has 0 bridgehead atoms. The van der Waals surface area contributed by atoms with E-state index < -0.39 is 11.7 Å². The number of hydrogen-bond donors (Lipinski definition) is 1. The maximum absolute atomic E-state index is 13.1. The zero-order valence-corrected chi connectivity index (χ0v) is 18.2. The van der Waals surface area contributed by atoms with Crippen LogP contribution >= 0.6 is 0 Å². The Morgan fingerprint density at radius 2 is 1.61 bits per heavy atom. The van der Waals surface area contributed by atoms with Crippen LogP contribution in [0.15, 0.2) is 66.7 Å². The molecule has 1 aliphatic rings. The van der Waals surface area contributed by atoms with Crippen LogP contribution in [0.25, 0.3) is 11.1 Å². The van der Waals surface area contributed by atoms with E-state index in [1.165, 1.54) is 12.1 Å². The van der Waals surface area contributed by atoms with Gasteiger partial charge in [0.25, 0.3) is 5.91 Å². The molecule has 7 heteroatoms. The van der Waals surface area contributed by atoms with Crippen LogP contribution in [0.4, 0.5) is 18.9 Å². The summed E-state index contributed by atoms with van der Waals surface area (Å²) in [5.41, 5.74) is 3.57. The van der Waals surface area contributed by atoms with Crippen LogP contribution in [-0.2, 0) is 23.8 Å². The molecule has 0 saturated carbocycles.